The van der Waals surface area contributed by atoms with Crippen LogP contribution in [0.5, 0.6) is 0 Å². The summed E-state index contributed by atoms with van der Waals surface area (Å²) in [6.07, 6.45) is 1.91. The normalized spacial score (nSPS) is 11.8. The molecule has 1 aromatic carbocycles. The molecule has 2 nitrogen and oxygen atoms in total. The zero-order chi connectivity index (χ0) is 10.6. The highest BCUT2D eigenvalue weighted by Crippen LogP contribution is 2.19. The van der Waals surface area contributed by atoms with Gasteiger partial charge in [-0.05, 0) is 37.5 Å². The molecule has 0 aliphatic heterocycles. The summed E-state index contributed by atoms with van der Waals surface area (Å²) in [5.41, 5.74) is 9.18. The first-order valence-corrected chi connectivity index (χ1v) is 5.03. The molecular formula is C12H18N2. The summed E-state index contributed by atoms with van der Waals surface area (Å²) in [4.78, 5) is 4.40. The zero-order valence-electron chi connectivity index (χ0n) is 9.17. The maximum absolute atomic E-state index is 5.79. The number of amidine groups is 1. The van der Waals surface area contributed by atoms with E-state index in [-0.39, 0.29) is 0 Å². The van der Waals surface area contributed by atoms with E-state index in [2.05, 4.69) is 44.0 Å². The van der Waals surface area contributed by atoms with Crippen molar-refractivity contribution in [2.24, 2.45) is 10.7 Å². The van der Waals surface area contributed by atoms with Crippen LogP contribution >= 0.6 is 0 Å². The lowest BCUT2D eigenvalue weighted by molar-refractivity contribution is 0.982. The Kier molecular flexibility index (Phi) is 3.69. The summed E-state index contributed by atoms with van der Waals surface area (Å²) < 4.78 is 0. The Morgan fingerprint density at radius 1 is 1.36 bits per heavy atom. The topological polar surface area (TPSA) is 38.4 Å². The summed E-state index contributed by atoms with van der Waals surface area (Å²) in [6, 6.07) is 6.23. The number of benzene rings is 1. The lowest BCUT2D eigenvalue weighted by Gasteiger charge is -2.03. The van der Waals surface area contributed by atoms with Gasteiger partial charge in [0.25, 0.3) is 0 Å². The Morgan fingerprint density at radius 2 is 2.07 bits per heavy atom. The average Bonchev–Trinajstić information content (AvgIpc) is 2.12. The van der Waals surface area contributed by atoms with Crippen molar-refractivity contribution in [3.05, 3.63) is 29.3 Å². The molecule has 0 heterocycles. The van der Waals surface area contributed by atoms with E-state index in [4.69, 9.17) is 5.73 Å². The molecule has 0 amide bonds. The van der Waals surface area contributed by atoms with Crippen LogP contribution in [0.15, 0.2) is 23.2 Å². The molecule has 0 saturated heterocycles. The summed E-state index contributed by atoms with van der Waals surface area (Å²) in [7, 11) is 0. The minimum Gasteiger partial charge on any atom is -0.387 e. The van der Waals surface area contributed by atoms with Crippen molar-refractivity contribution in [1.82, 2.24) is 0 Å². The van der Waals surface area contributed by atoms with E-state index in [1.165, 1.54) is 11.1 Å². The fourth-order valence-corrected chi connectivity index (χ4v) is 1.31. The molecule has 0 spiro atoms. The van der Waals surface area contributed by atoms with Gasteiger partial charge in [0.15, 0.2) is 0 Å². The summed E-state index contributed by atoms with van der Waals surface area (Å²) in [5.74, 6) is 0.723. The second-order valence-electron chi connectivity index (χ2n) is 3.64. The number of aliphatic imine (C=N–C) groups is 1. The lowest BCUT2D eigenvalue weighted by atomic mass is 10.1. The van der Waals surface area contributed by atoms with Gasteiger partial charge in [-0.3, -0.25) is 0 Å². The summed E-state index contributed by atoms with van der Waals surface area (Å²) >= 11 is 0. The fourth-order valence-electron chi connectivity index (χ4n) is 1.31. The molecule has 0 unspecified atom stereocenters. The van der Waals surface area contributed by atoms with Gasteiger partial charge >= 0.3 is 0 Å². The Morgan fingerprint density at radius 3 is 2.71 bits per heavy atom. The Balaban J connectivity index is 2.95. The molecule has 0 fully saturated rings. The summed E-state index contributed by atoms with van der Waals surface area (Å²) in [6.45, 7) is 6.22. The van der Waals surface area contributed by atoms with Gasteiger partial charge < -0.3 is 5.73 Å². The molecule has 2 N–H and O–H groups in total. The monoisotopic (exact) mass is 190 g/mol. The van der Waals surface area contributed by atoms with E-state index in [0.29, 0.717) is 0 Å². The minimum absolute atomic E-state index is 0.723. The predicted octanol–water partition coefficient (Wildman–Crippen LogP) is 3.09. The van der Waals surface area contributed by atoms with Crippen molar-refractivity contribution >= 4 is 11.5 Å². The molecule has 2 heteroatoms. The lowest BCUT2D eigenvalue weighted by Crippen LogP contribution is -2.10. The second kappa shape index (κ2) is 4.80. The third-order valence-corrected chi connectivity index (χ3v) is 2.13. The van der Waals surface area contributed by atoms with Gasteiger partial charge in [-0.2, -0.15) is 0 Å². The zero-order valence-corrected chi connectivity index (χ0v) is 9.17. The van der Waals surface area contributed by atoms with Gasteiger partial charge in [0.1, 0.15) is 0 Å². The van der Waals surface area contributed by atoms with Crippen LogP contribution in [0, 0.1) is 13.8 Å². The van der Waals surface area contributed by atoms with Crippen molar-refractivity contribution in [3.8, 4) is 0 Å². The smallest absolute Gasteiger partial charge is 0.0996 e. The van der Waals surface area contributed by atoms with Crippen molar-refractivity contribution in [2.45, 2.75) is 33.6 Å². The van der Waals surface area contributed by atoms with Crippen LogP contribution in [0.1, 0.15) is 30.9 Å². The van der Waals surface area contributed by atoms with E-state index in [0.717, 1.165) is 24.4 Å². The van der Waals surface area contributed by atoms with Crippen LogP contribution in [0.25, 0.3) is 0 Å². The van der Waals surface area contributed by atoms with Gasteiger partial charge in [0.05, 0.1) is 11.5 Å². The highest BCUT2D eigenvalue weighted by molar-refractivity contribution is 5.83. The molecule has 76 valence electrons. The largest absolute Gasteiger partial charge is 0.387 e. The molecule has 0 aromatic heterocycles. The van der Waals surface area contributed by atoms with Gasteiger partial charge in [-0.1, -0.05) is 19.1 Å². The highest BCUT2D eigenvalue weighted by atomic mass is 14.9. The number of hydrogen-bond donors (Lipinski definition) is 1. The van der Waals surface area contributed by atoms with Crippen LogP contribution in [-0.4, -0.2) is 5.84 Å². The molecular weight excluding hydrogens is 172 g/mol. The SMILES string of the molecule is CCCC(N)=Nc1cc(C)ccc1C. The molecule has 14 heavy (non-hydrogen) atoms. The van der Waals surface area contributed by atoms with Gasteiger partial charge in [0.2, 0.25) is 0 Å². The molecule has 0 aliphatic carbocycles. The average molecular weight is 190 g/mol. The quantitative estimate of drug-likeness (QED) is 0.577. The fraction of sp³-hybridized carbons (Fsp3) is 0.417. The van der Waals surface area contributed by atoms with E-state index in [1.807, 2.05) is 0 Å². The Bertz CT molecular complexity index is 340. The van der Waals surface area contributed by atoms with Crippen LogP contribution in [0.3, 0.4) is 0 Å². The van der Waals surface area contributed by atoms with E-state index < -0.39 is 0 Å². The minimum atomic E-state index is 0.723. The van der Waals surface area contributed by atoms with Crippen LogP contribution < -0.4 is 5.73 Å². The van der Waals surface area contributed by atoms with Gasteiger partial charge in [-0.25, -0.2) is 4.99 Å². The van der Waals surface area contributed by atoms with E-state index >= 15 is 0 Å². The second-order valence-corrected chi connectivity index (χ2v) is 3.64. The number of nitrogens with zero attached hydrogens (tertiary/aromatic N) is 1. The molecule has 1 aromatic rings. The number of aryl methyl sites for hydroxylation is 2. The maximum Gasteiger partial charge on any atom is 0.0996 e. The van der Waals surface area contributed by atoms with E-state index in [9.17, 15) is 0 Å². The Labute approximate surface area is 85.9 Å². The third-order valence-electron chi connectivity index (χ3n) is 2.13. The van der Waals surface area contributed by atoms with E-state index in [1.54, 1.807) is 0 Å². The molecule has 0 saturated carbocycles. The highest BCUT2D eigenvalue weighted by Gasteiger charge is 1.97. The van der Waals surface area contributed by atoms with Crippen molar-refractivity contribution in [2.75, 3.05) is 0 Å². The van der Waals surface area contributed by atoms with Crippen molar-refractivity contribution in [1.29, 1.82) is 0 Å². The Hall–Kier alpha value is -1.31. The van der Waals surface area contributed by atoms with Crippen LogP contribution in [0.4, 0.5) is 5.69 Å². The molecule has 0 bridgehead atoms. The number of rotatable bonds is 3. The molecule has 0 radical (unpaired) electrons. The first kappa shape index (κ1) is 10.8. The van der Waals surface area contributed by atoms with Crippen LogP contribution in [-0.2, 0) is 0 Å². The number of hydrogen-bond acceptors (Lipinski definition) is 1. The molecule has 0 aliphatic rings. The first-order chi connectivity index (χ1) is 6.63. The standard InChI is InChI=1S/C12H18N2/c1-4-5-12(13)14-11-8-9(2)6-7-10(11)3/h6-8H,4-5H2,1-3H3,(H2,13,14). The predicted molar refractivity (Wildman–Crippen MR) is 62.1 cm³/mol. The maximum atomic E-state index is 5.79. The number of nitrogens with two attached hydrogens (primary N) is 1. The molecule has 0 atom stereocenters. The third kappa shape index (κ3) is 2.87. The van der Waals surface area contributed by atoms with Crippen LogP contribution in [0.2, 0.25) is 0 Å². The first-order valence-electron chi connectivity index (χ1n) is 5.03. The van der Waals surface area contributed by atoms with Crippen molar-refractivity contribution < 1.29 is 0 Å². The van der Waals surface area contributed by atoms with Crippen molar-refractivity contribution in [3.63, 3.8) is 0 Å². The van der Waals surface area contributed by atoms with Gasteiger partial charge in [0, 0.05) is 6.42 Å². The summed E-state index contributed by atoms with van der Waals surface area (Å²) in [5, 5.41) is 0. The molecule has 1 rings (SSSR count). The van der Waals surface area contributed by atoms with Gasteiger partial charge in [-0.15, -0.1) is 0 Å².